The highest BCUT2D eigenvalue weighted by molar-refractivity contribution is 5.80. The van der Waals surface area contributed by atoms with E-state index in [1.807, 2.05) is 6.08 Å². The lowest BCUT2D eigenvalue weighted by atomic mass is 9.98. The van der Waals surface area contributed by atoms with Gasteiger partial charge in [-0.1, -0.05) is 159 Å². The van der Waals surface area contributed by atoms with E-state index >= 15 is 0 Å². The third kappa shape index (κ3) is 27.8. The second-order valence-electron chi connectivity index (χ2n) is 16.8. The topological polar surface area (TPSA) is 189 Å². The normalized spacial score (nSPS) is 22.1. The summed E-state index contributed by atoms with van der Waals surface area (Å²) in [5.41, 5.74) is 0. The molecule has 11 nitrogen and oxygen atoms in total. The highest BCUT2D eigenvalue weighted by atomic mass is 16.7. The summed E-state index contributed by atoms with van der Waals surface area (Å²) in [5.74, 6) is -0.718. The van der Waals surface area contributed by atoms with Gasteiger partial charge in [0.1, 0.15) is 36.6 Å². The van der Waals surface area contributed by atoms with Gasteiger partial charge < -0.3 is 50.5 Å². The number of ether oxygens (including phenoxy) is 2. The lowest BCUT2D eigenvalue weighted by Crippen LogP contribution is -2.60. The number of aliphatic hydroxyl groups excluding tert-OH is 7. The van der Waals surface area contributed by atoms with Crippen molar-refractivity contribution in [3.63, 3.8) is 0 Å². The van der Waals surface area contributed by atoms with Crippen molar-refractivity contribution in [3.05, 3.63) is 36.5 Å². The lowest BCUT2D eigenvalue weighted by Gasteiger charge is -2.40. The number of hydrogen-bond donors (Lipinski definition) is 8. The Hall–Kier alpha value is -1.67. The van der Waals surface area contributed by atoms with Crippen LogP contribution in [0.1, 0.15) is 194 Å². The minimum atomic E-state index is -1.67. The number of aliphatic hydroxyl groups is 7. The molecule has 0 aromatic carbocycles. The molecule has 0 spiro atoms. The molecule has 1 aliphatic heterocycles. The number of carbonyl (C=O) groups is 1. The average molecular weight is 840 g/mol. The quantitative estimate of drug-likeness (QED) is 0.0223. The van der Waals surface area contributed by atoms with Crippen LogP contribution in [-0.4, -0.2) is 110 Å². The first-order chi connectivity index (χ1) is 28.7. The van der Waals surface area contributed by atoms with E-state index in [0.717, 1.165) is 64.2 Å². The average Bonchev–Trinajstić information content (AvgIpc) is 3.23. The van der Waals surface area contributed by atoms with Gasteiger partial charge in [-0.25, -0.2) is 0 Å². The van der Waals surface area contributed by atoms with Crippen molar-refractivity contribution in [2.75, 3.05) is 13.2 Å². The van der Waals surface area contributed by atoms with Gasteiger partial charge in [-0.2, -0.15) is 0 Å². The van der Waals surface area contributed by atoms with Crippen molar-refractivity contribution in [1.29, 1.82) is 0 Å². The Labute approximate surface area is 358 Å². The number of carbonyl (C=O) groups excluding carboxylic acids is 1. The highest BCUT2D eigenvalue weighted by Crippen LogP contribution is 2.23. The number of rotatable bonds is 39. The van der Waals surface area contributed by atoms with Crippen LogP contribution in [0.15, 0.2) is 36.5 Å². The van der Waals surface area contributed by atoms with Gasteiger partial charge in [0.25, 0.3) is 0 Å². The molecule has 0 aromatic heterocycles. The fourth-order valence-electron chi connectivity index (χ4n) is 7.40. The zero-order valence-corrected chi connectivity index (χ0v) is 37.2. The van der Waals surface area contributed by atoms with E-state index in [1.54, 1.807) is 0 Å². The van der Waals surface area contributed by atoms with E-state index in [2.05, 4.69) is 49.5 Å². The van der Waals surface area contributed by atoms with Gasteiger partial charge in [-0.3, -0.25) is 4.79 Å². The summed E-state index contributed by atoms with van der Waals surface area (Å²) in [7, 11) is 0. The fraction of sp³-hybridized carbons (Fsp3) is 0.854. The van der Waals surface area contributed by atoms with Crippen molar-refractivity contribution in [2.24, 2.45) is 0 Å². The Morgan fingerprint density at radius 1 is 0.576 bits per heavy atom. The Morgan fingerprint density at radius 2 is 1.05 bits per heavy atom. The van der Waals surface area contributed by atoms with Crippen molar-refractivity contribution in [3.8, 4) is 0 Å². The molecule has 1 fully saturated rings. The van der Waals surface area contributed by atoms with Gasteiger partial charge in [0.05, 0.1) is 25.4 Å². The first-order valence-corrected chi connectivity index (χ1v) is 23.9. The van der Waals surface area contributed by atoms with E-state index in [0.29, 0.717) is 19.3 Å². The summed E-state index contributed by atoms with van der Waals surface area (Å²) in [6.07, 6.45) is 32.2. The van der Waals surface area contributed by atoms with Gasteiger partial charge in [0, 0.05) is 0 Å². The molecule has 11 heteroatoms. The molecule has 0 saturated carbocycles. The number of nitrogens with one attached hydrogen (secondary N) is 1. The molecule has 8 N–H and O–H groups in total. The Morgan fingerprint density at radius 3 is 1.58 bits per heavy atom. The summed E-state index contributed by atoms with van der Waals surface area (Å²) >= 11 is 0. The molecule has 59 heavy (non-hydrogen) atoms. The van der Waals surface area contributed by atoms with Crippen molar-refractivity contribution >= 4 is 5.91 Å². The molecule has 346 valence electrons. The SMILES string of the molecule is CCC/C=C/CC/C=C/CCCC(O)C(O)C(COC1OC(CO)C(O)C(O)C1O)NC(=O)C(O)CCCCCCCC/C=C\CCCCCCCCCCCCCC. The van der Waals surface area contributed by atoms with Crippen molar-refractivity contribution < 1.29 is 50.0 Å². The Kier molecular flexibility index (Phi) is 35.7. The standard InChI is InChI=1S/C48H89NO10/c1-3-5-7-9-11-13-15-16-17-18-19-20-21-22-23-24-25-26-28-30-32-34-36-41(52)47(57)49-39(38-58-48-46(56)45(55)44(54)42(37-50)59-48)43(53)40(51)35-33-31-29-27-14-12-10-8-6-4-2/h8,10,22-23,27,29,39-46,48,50-56H,3-7,9,11-21,24-26,28,30-38H2,1-2H3,(H,49,57)/b10-8+,23-22-,29-27+. The van der Waals surface area contributed by atoms with Crippen molar-refractivity contribution in [2.45, 2.75) is 249 Å². The van der Waals surface area contributed by atoms with Crippen LogP contribution in [0.5, 0.6) is 0 Å². The zero-order valence-electron chi connectivity index (χ0n) is 37.2. The van der Waals surface area contributed by atoms with Crippen LogP contribution in [0.25, 0.3) is 0 Å². The number of amides is 1. The zero-order chi connectivity index (χ0) is 43.4. The van der Waals surface area contributed by atoms with Crippen LogP contribution in [0.2, 0.25) is 0 Å². The van der Waals surface area contributed by atoms with E-state index in [4.69, 9.17) is 9.47 Å². The molecule has 0 radical (unpaired) electrons. The lowest BCUT2D eigenvalue weighted by molar-refractivity contribution is -0.303. The second kappa shape index (κ2) is 38.0. The predicted octanol–water partition coefficient (Wildman–Crippen LogP) is 8.00. The monoisotopic (exact) mass is 840 g/mol. The minimum Gasteiger partial charge on any atom is -0.394 e. The van der Waals surface area contributed by atoms with Crippen LogP contribution in [-0.2, 0) is 14.3 Å². The Bertz CT molecular complexity index is 1050. The minimum absolute atomic E-state index is 0.243. The second-order valence-corrected chi connectivity index (χ2v) is 16.8. The maximum absolute atomic E-state index is 13.1. The van der Waals surface area contributed by atoms with Crippen LogP contribution >= 0.6 is 0 Å². The molecular formula is C48H89NO10. The van der Waals surface area contributed by atoms with E-state index in [-0.39, 0.29) is 12.8 Å². The summed E-state index contributed by atoms with van der Waals surface area (Å²) in [5, 5.41) is 75.5. The summed E-state index contributed by atoms with van der Waals surface area (Å²) in [6, 6.07) is -1.19. The van der Waals surface area contributed by atoms with Crippen LogP contribution < -0.4 is 5.32 Å². The number of hydrogen-bond acceptors (Lipinski definition) is 10. The highest BCUT2D eigenvalue weighted by Gasteiger charge is 2.44. The molecule has 1 aliphatic rings. The third-order valence-corrected chi connectivity index (χ3v) is 11.4. The van der Waals surface area contributed by atoms with Crippen LogP contribution in [0.3, 0.4) is 0 Å². The summed E-state index contributed by atoms with van der Waals surface area (Å²) in [6.45, 7) is 3.33. The fourth-order valence-corrected chi connectivity index (χ4v) is 7.40. The van der Waals surface area contributed by atoms with E-state index < -0.39 is 74.2 Å². The van der Waals surface area contributed by atoms with Gasteiger partial charge in [-0.05, 0) is 70.6 Å². The molecule has 0 aromatic rings. The molecule has 1 saturated heterocycles. The van der Waals surface area contributed by atoms with Crippen LogP contribution in [0, 0.1) is 0 Å². The smallest absolute Gasteiger partial charge is 0.249 e. The van der Waals surface area contributed by atoms with Gasteiger partial charge in [-0.15, -0.1) is 0 Å². The Balaban J connectivity index is 2.38. The molecule has 0 bridgehead atoms. The molecule has 1 heterocycles. The summed E-state index contributed by atoms with van der Waals surface area (Å²) < 4.78 is 11.0. The van der Waals surface area contributed by atoms with Crippen molar-refractivity contribution in [1.82, 2.24) is 5.32 Å². The third-order valence-electron chi connectivity index (χ3n) is 11.4. The maximum Gasteiger partial charge on any atom is 0.249 e. The number of allylic oxidation sites excluding steroid dienone is 6. The molecular weight excluding hydrogens is 751 g/mol. The van der Waals surface area contributed by atoms with Gasteiger partial charge in [0.15, 0.2) is 6.29 Å². The van der Waals surface area contributed by atoms with Gasteiger partial charge in [0.2, 0.25) is 5.91 Å². The summed E-state index contributed by atoms with van der Waals surface area (Å²) in [4.78, 5) is 13.1. The first kappa shape index (κ1) is 55.3. The number of unbranched alkanes of at least 4 members (excludes halogenated alkanes) is 21. The van der Waals surface area contributed by atoms with Gasteiger partial charge >= 0.3 is 0 Å². The predicted molar refractivity (Wildman–Crippen MR) is 238 cm³/mol. The van der Waals surface area contributed by atoms with E-state index in [9.17, 15) is 40.5 Å². The molecule has 9 unspecified atom stereocenters. The largest absolute Gasteiger partial charge is 0.394 e. The van der Waals surface area contributed by atoms with Crippen LogP contribution in [0.4, 0.5) is 0 Å². The molecule has 9 atom stereocenters. The first-order valence-electron chi connectivity index (χ1n) is 23.9. The molecule has 1 rings (SSSR count). The maximum atomic E-state index is 13.1. The van der Waals surface area contributed by atoms with E-state index in [1.165, 1.54) is 83.5 Å². The molecule has 0 aliphatic carbocycles. The molecule has 1 amide bonds.